The molecule has 0 aliphatic rings. The van der Waals surface area contributed by atoms with E-state index in [9.17, 15) is 0 Å². The fourth-order valence-corrected chi connectivity index (χ4v) is 1.61. The summed E-state index contributed by atoms with van der Waals surface area (Å²) < 4.78 is 7.47. The van der Waals surface area contributed by atoms with Crippen molar-refractivity contribution in [1.82, 2.24) is 9.78 Å². The molecule has 0 aliphatic carbocycles. The van der Waals surface area contributed by atoms with Crippen LogP contribution in [-0.2, 0) is 13.0 Å². The first-order valence-electron chi connectivity index (χ1n) is 5.78. The second-order valence-electron chi connectivity index (χ2n) is 3.80. The first kappa shape index (κ1) is 11.7. The van der Waals surface area contributed by atoms with Gasteiger partial charge in [0, 0.05) is 12.4 Å². The van der Waals surface area contributed by atoms with Gasteiger partial charge in [0.1, 0.15) is 12.4 Å². The van der Waals surface area contributed by atoms with Gasteiger partial charge < -0.3 is 10.5 Å². The predicted octanol–water partition coefficient (Wildman–Crippen LogP) is 1.46. The third-order valence-corrected chi connectivity index (χ3v) is 2.50. The summed E-state index contributed by atoms with van der Waals surface area (Å²) in [4.78, 5) is 0. The maximum atomic E-state index is 5.62. The van der Waals surface area contributed by atoms with Gasteiger partial charge in [-0.05, 0) is 36.7 Å². The van der Waals surface area contributed by atoms with Crippen molar-refractivity contribution in [3.63, 3.8) is 0 Å². The van der Waals surface area contributed by atoms with Gasteiger partial charge in [0.25, 0.3) is 0 Å². The molecule has 1 heterocycles. The van der Waals surface area contributed by atoms with Gasteiger partial charge in [-0.1, -0.05) is 12.1 Å². The Bertz CT molecular complexity index is 422. The molecule has 17 heavy (non-hydrogen) atoms. The molecule has 2 aromatic rings. The first-order valence-corrected chi connectivity index (χ1v) is 5.78. The van der Waals surface area contributed by atoms with Crippen LogP contribution in [0.5, 0.6) is 5.75 Å². The molecule has 4 nitrogen and oxygen atoms in total. The van der Waals surface area contributed by atoms with Crippen LogP contribution in [-0.4, -0.2) is 22.9 Å². The van der Waals surface area contributed by atoms with E-state index in [4.69, 9.17) is 10.5 Å². The minimum absolute atomic E-state index is 0.623. The standard InChI is InChI=1S/C13H17N3O/c14-7-6-12-2-4-13(5-3-12)17-11-10-16-9-1-8-15-16/h1-5,8-9H,6-7,10-11,14H2. The number of aromatic nitrogens is 2. The van der Waals surface area contributed by atoms with Gasteiger partial charge in [-0.15, -0.1) is 0 Å². The third kappa shape index (κ3) is 3.60. The summed E-state index contributed by atoms with van der Waals surface area (Å²) in [5.74, 6) is 0.887. The second kappa shape index (κ2) is 6.06. The van der Waals surface area contributed by atoms with Crippen molar-refractivity contribution in [3.05, 3.63) is 48.3 Å². The lowest BCUT2D eigenvalue weighted by molar-refractivity contribution is 0.291. The summed E-state index contributed by atoms with van der Waals surface area (Å²) in [6.07, 6.45) is 4.60. The molecule has 0 saturated heterocycles. The number of rotatable bonds is 6. The molecule has 2 N–H and O–H groups in total. The van der Waals surface area contributed by atoms with Crippen LogP contribution in [0.1, 0.15) is 5.56 Å². The van der Waals surface area contributed by atoms with Gasteiger partial charge in [0.05, 0.1) is 6.54 Å². The first-order chi connectivity index (χ1) is 8.38. The average molecular weight is 231 g/mol. The van der Waals surface area contributed by atoms with Crippen LogP contribution in [0.15, 0.2) is 42.7 Å². The van der Waals surface area contributed by atoms with Crippen LogP contribution in [0.25, 0.3) is 0 Å². The molecule has 1 aromatic carbocycles. The van der Waals surface area contributed by atoms with E-state index in [1.54, 1.807) is 6.20 Å². The fourth-order valence-electron chi connectivity index (χ4n) is 1.61. The van der Waals surface area contributed by atoms with Crippen molar-refractivity contribution in [3.8, 4) is 5.75 Å². The van der Waals surface area contributed by atoms with E-state index in [-0.39, 0.29) is 0 Å². The summed E-state index contributed by atoms with van der Waals surface area (Å²) in [6, 6.07) is 9.97. The van der Waals surface area contributed by atoms with Gasteiger partial charge in [0.2, 0.25) is 0 Å². The summed E-state index contributed by atoms with van der Waals surface area (Å²) in [6.45, 7) is 2.06. The van der Waals surface area contributed by atoms with E-state index in [0.717, 1.165) is 18.7 Å². The highest BCUT2D eigenvalue weighted by Crippen LogP contribution is 2.12. The van der Waals surface area contributed by atoms with E-state index in [1.165, 1.54) is 5.56 Å². The topological polar surface area (TPSA) is 53.1 Å². The molecule has 0 amide bonds. The normalized spacial score (nSPS) is 10.4. The van der Waals surface area contributed by atoms with Crippen molar-refractivity contribution in [1.29, 1.82) is 0 Å². The Morgan fingerprint density at radius 1 is 1.24 bits per heavy atom. The molecule has 0 bridgehead atoms. The lowest BCUT2D eigenvalue weighted by Gasteiger charge is -2.07. The molecule has 0 saturated carbocycles. The zero-order chi connectivity index (χ0) is 11.9. The summed E-state index contributed by atoms with van der Waals surface area (Å²) in [5.41, 5.74) is 6.73. The number of hydrogen-bond acceptors (Lipinski definition) is 3. The van der Waals surface area contributed by atoms with Gasteiger partial charge in [-0.25, -0.2) is 0 Å². The predicted molar refractivity (Wildman–Crippen MR) is 66.9 cm³/mol. The largest absolute Gasteiger partial charge is 0.492 e. The lowest BCUT2D eigenvalue weighted by Crippen LogP contribution is -2.08. The molecule has 2 rings (SSSR count). The van der Waals surface area contributed by atoms with Crippen molar-refractivity contribution < 1.29 is 4.74 Å². The molecule has 1 aromatic heterocycles. The van der Waals surface area contributed by atoms with Gasteiger partial charge >= 0.3 is 0 Å². The molecular weight excluding hydrogens is 214 g/mol. The molecule has 90 valence electrons. The van der Waals surface area contributed by atoms with E-state index < -0.39 is 0 Å². The fraction of sp³-hybridized carbons (Fsp3) is 0.308. The van der Waals surface area contributed by atoms with E-state index in [2.05, 4.69) is 17.2 Å². The van der Waals surface area contributed by atoms with Crippen molar-refractivity contribution in [2.75, 3.05) is 13.2 Å². The maximum absolute atomic E-state index is 5.62. The van der Waals surface area contributed by atoms with Crippen molar-refractivity contribution >= 4 is 0 Å². The SMILES string of the molecule is NCCc1ccc(OCCn2cccn2)cc1. The number of hydrogen-bond donors (Lipinski definition) is 1. The van der Waals surface area contributed by atoms with Crippen LogP contribution >= 0.6 is 0 Å². The van der Waals surface area contributed by atoms with Gasteiger partial charge in [-0.3, -0.25) is 4.68 Å². The molecular formula is C13H17N3O. The van der Waals surface area contributed by atoms with Crippen LogP contribution in [0.3, 0.4) is 0 Å². The van der Waals surface area contributed by atoms with Crippen molar-refractivity contribution in [2.45, 2.75) is 13.0 Å². The Balaban J connectivity index is 1.79. The average Bonchev–Trinajstić information content (AvgIpc) is 2.85. The van der Waals surface area contributed by atoms with Crippen LogP contribution in [0, 0.1) is 0 Å². The highest BCUT2D eigenvalue weighted by atomic mass is 16.5. The molecule has 0 fully saturated rings. The second-order valence-corrected chi connectivity index (χ2v) is 3.80. The maximum Gasteiger partial charge on any atom is 0.119 e. The lowest BCUT2D eigenvalue weighted by atomic mass is 10.1. The number of benzene rings is 1. The zero-order valence-corrected chi connectivity index (χ0v) is 9.75. The third-order valence-electron chi connectivity index (χ3n) is 2.50. The highest BCUT2D eigenvalue weighted by Gasteiger charge is 1.96. The zero-order valence-electron chi connectivity index (χ0n) is 9.75. The summed E-state index contributed by atoms with van der Waals surface area (Å²) in [7, 11) is 0. The van der Waals surface area contributed by atoms with E-state index in [1.807, 2.05) is 29.1 Å². The molecule has 4 heteroatoms. The Labute approximate surface area is 101 Å². The van der Waals surface area contributed by atoms with Crippen molar-refractivity contribution in [2.24, 2.45) is 5.73 Å². The quantitative estimate of drug-likeness (QED) is 0.819. The van der Waals surface area contributed by atoms with E-state index in [0.29, 0.717) is 13.2 Å². The Hall–Kier alpha value is -1.81. The highest BCUT2D eigenvalue weighted by molar-refractivity contribution is 5.27. The van der Waals surface area contributed by atoms with Crippen LogP contribution < -0.4 is 10.5 Å². The summed E-state index contributed by atoms with van der Waals surface area (Å²) in [5, 5.41) is 4.11. The molecule has 0 unspecified atom stereocenters. The number of nitrogens with zero attached hydrogens (tertiary/aromatic N) is 2. The Kier molecular flexibility index (Phi) is 4.16. The number of nitrogens with two attached hydrogens (primary N) is 1. The molecule has 0 spiro atoms. The van der Waals surface area contributed by atoms with Gasteiger partial charge in [-0.2, -0.15) is 5.10 Å². The molecule has 0 radical (unpaired) electrons. The van der Waals surface area contributed by atoms with E-state index >= 15 is 0 Å². The van der Waals surface area contributed by atoms with Crippen LogP contribution in [0.4, 0.5) is 0 Å². The minimum Gasteiger partial charge on any atom is -0.492 e. The molecule has 0 aliphatic heterocycles. The smallest absolute Gasteiger partial charge is 0.119 e. The number of ether oxygens (including phenoxy) is 1. The molecule has 0 atom stereocenters. The Morgan fingerprint density at radius 3 is 2.71 bits per heavy atom. The van der Waals surface area contributed by atoms with Crippen LogP contribution in [0.2, 0.25) is 0 Å². The summed E-state index contributed by atoms with van der Waals surface area (Å²) >= 11 is 0. The monoisotopic (exact) mass is 231 g/mol. The van der Waals surface area contributed by atoms with Gasteiger partial charge in [0.15, 0.2) is 0 Å². The Morgan fingerprint density at radius 2 is 2.06 bits per heavy atom. The minimum atomic E-state index is 0.623.